The third-order valence-electron chi connectivity index (χ3n) is 3.51. The molecule has 0 bridgehead atoms. The standard InChI is InChI=1S/C15H19Cl2N3O3/c1-19(10-14(22)20-5-7-23-8-6-20)9-13(21)18-15-11(16)3-2-4-12(15)17/h2-4H,5-10H2,1H3,(H,18,21)/p+1. The van der Waals surface area contributed by atoms with Crippen molar-refractivity contribution >= 4 is 40.7 Å². The van der Waals surface area contributed by atoms with Crippen LogP contribution in [0, 0.1) is 0 Å². The van der Waals surface area contributed by atoms with Gasteiger partial charge in [0.15, 0.2) is 13.1 Å². The average Bonchev–Trinajstić information content (AvgIpc) is 2.51. The largest absolute Gasteiger partial charge is 0.378 e. The zero-order valence-electron chi connectivity index (χ0n) is 12.9. The van der Waals surface area contributed by atoms with Crippen molar-refractivity contribution in [1.29, 1.82) is 0 Å². The number of likely N-dealkylation sites (N-methyl/N-ethyl adjacent to an activating group) is 1. The van der Waals surface area contributed by atoms with Crippen LogP contribution in [0.3, 0.4) is 0 Å². The van der Waals surface area contributed by atoms with Crippen LogP contribution in [0.5, 0.6) is 0 Å². The summed E-state index contributed by atoms with van der Waals surface area (Å²) < 4.78 is 5.22. The number of para-hydroxylation sites is 1. The molecule has 0 aromatic heterocycles. The van der Waals surface area contributed by atoms with Crippen molar-refractivity contribution in [2.45, 2.75) is 0 Å². The predicted molar refractivity (Wildman–Crippen MR) is 89.1 cm³/mol. The van der Waals surface area contributed by atoms with Gasteiger partial charge in [-0.1, -0.05) is 29.3 Å². The van der Waals surface area contributed by atoms with Gasteiger partial charge in [0.05, 0.1) is 36.0 Å². The third kappa shape index (κ3) is 5.35. The van der Waals surface area contributed by atoms with Gasteiger partial charge >= 0.3 is 0 Å². The van der Waals surface area contributed by atoms with Gasteiger partial charge in [0.1, 0.15) is 0 Å². The molecule has 2 rings (SSSR count). The highest BCUT2D eigenvalue weighted by Gasteiger charge is 2.22. The molecule has 1 saturated heterocycles. The van der Waals surface area contributed by atoms with Crippen LogP contribution >= 0.6 is 23.2 Å². The lowest BCUT2D eigenvalue weighted by molar-refractivity contribution is -0.862. The van der Waals surface area contributed by atoms with Gasteiger partial charge in [-0.3, -0.25) is 9.59 Å². The van der Waals surface area contributed by atoms with Gasteiger partial charge in [0, 0.05) is 13.1 Å². The number of morpholine rings is 1. The van der Waals surface area contributed by atoms with Gasteiger partial charge in [0.2, 0.25) is 0 Å². The summed E-state index contributed by atoms with van der Waals surface area (Å²) in [5, 5.41) is 3.46. The number of anilines is 1. The van der Waals surface area contributed by atoms with Crippen LogP contribution in [-0.4, -0.2) is 63.2 Å². The second-order valence-corrected chi connectivity index (χ2v) is 6.26. The fourth-order valence-electron chi connectivity index (χ4n) is 2.32. The molecule has 8 heteroatoms. The molecule has 1 aliphatic heterocycles. The van der Waals surface area contributed by atoms with Gasteiger partial charge < -0.3 is 19.9 Å². The Bertz CT molecular complexity index is 557. The number of rotatable bonds is 5. The highest BCUT2D eigenvalue weighted by Crippen LogP contribution is 2.29. The first-order valence-electron chi connectivity index (χ1n) is 7.38. The molecule has 0 aliphatic carbocycles. The van der Waals surface area contributed by atoms with Crippen molar-refractivity contribution in [3.8, 4) is 0 Å². The summed E-state index contributed by atoms with van der Waals surface area (Å²) in [5.74, 6) is -0.221. The molecule has 1 aromatic rings. The number of nitrogens with one attached hydrogen (secondary N) is 2. The summed E-state index contributed by atoms with van der Waals surface area (Å²) in [4.78, 5) is 26.8. The molecule has 1 aliphatic rings. The van der Waals surface area contributed by atoms with Crippen molar-refractivity contribution in [3.63, 3.8) is 0 Å². The van der Waals surface area contributed by atoms with Crippen molar-refractivity contribution in [2.24, 2.45) is 0 Å². The topological polar surface area (TPSA) is 63.1 Å². The summed E-state index contributed by atoms with van der Waals surface area (Å²) in [7, 11) is 1.80. The maximum atomic E-state index is 12.1. The molecule has 1 heterocycles. The summed E-state index contributed by atoms with van der Waals surface area (Å²) in [6, 6.07) is 5.02. The minimum absolute atomic E-state index is 0.0226. The highest BCUT2D eigenvalue weighted by molar-refractivity contribution is 6.39. The van der Waals surface area contributed by atoms with Gasteiger partial charge in [-0.25, -0.2) is 0 Å². The number of hydrogen-bond donors (Lipinski definition) is 2. The van der Waals surface area contributed by atoms with E-state index in [0.717, 1.165) is 4.90 Å². The first-order valence-corrected chi connectivity index (χ1v) is 8.13. The molecule has 1 aromatic carbocycles. The predicted octanol–water partition coefficient (Wildman–Crippen LogP) is 0.305. The van der Waals surface area contributed by atoms with E-state index in [-0.39, 0.29) is 24.9 Å². The van der Waals surface area contributed by atoms with Crippen LogP contribution in [0.25, 0.3) is 0 Å². The van der Waals surface area contributed by atoms with Crippen LogP contribution in [0.2, 0.25) is 10.0 Å². The minimum Gasteiger partial charge on any atom is -0.378 e. The van der Waals surface area contributed by atoms with Crippen molar-refractivity contribution in [3.05, 3.63) is 28.2 Å². The Morgan fingerprint density at radius 2 is 1.83 bits per heavy atom. The Balaban J connectivity index is 1.83. The van der Waals surface area contributed by atoms with E-state index in [9.17, 15) is 9.59 Å². The minimum atomic E-state index is -0.243. The monoisotopic (exact) mass is 360 g/mol. The Morgan fingerprint density at radius 3 is 2.43 bits per heavy atom. The molecule has 0 saturated carbocycles. The van der Waals surface area contributed by atoms with E-state index in [2.05, 4.69) is 5.32 Å². The summed E-state index contributed by atoms with van der Waals surface area (Å²) in [6.07, 6.45) is 0. The van der Waals surface area contributed by atoms with Crippen molar-refractivity contribution < 1.29 is 19.2 Å². The molecule has 126 valence electrons. The van der Waals surface area contributed by atoms with Crippen LogP contribution in [0.4, 0.5) is 5.69 Å². The Kier molecular flexibility index (Phi) is 6.65. The summed E-state index contributed by atoms with van der Waals surface area (Å²) in [6.45, 7) is 2.74. The molecule has 1 unspecified atom stereocenters. The molecular formula is C15H20Cl2N3O3+. The van der Waals surface area contributed by atoms with E-state index in [1.54, 1.807) is 30.1 Å². The van der Waals surface area contributed by atoms with Crippen molar-refractivity contribution in [2.75, 3.05) is 51.8 Å². The molecule has 0 spiro atoms. The van der Waals surface area contributed by atoms with E-state index < -0.39 is 0 Å². The normalized spacial score (nSPS) is 16.0. The highest BCUT2D eigenvalue weighted by atomic mass is 35.5. The molecule has 2 N–H and O–H groups in total. The number of quaternary nitrogens is 1. The fraction of sp³-hybridized carbons (Fsp3) is 0.467. The summed E-state index contributed by atoms with van der Waals surface area (Å²) in [5.41, 5.74) is 0.396. The zero-order chi connectivity index (χ0) is 16.8. The quantitative estimate of drug-likeness (QED) is 0.794. The summed E-state index contributed by atoms with van der Waals surface area (Å²) >= 11 is 12.0. The van der Waals surface area contributed by atoms with E-state index in [1.807, 2.05) is 0 Å². The Hall–Kier alpha value is -1.34. The first-order chi connectivity index (χ1) is 11.0. The Labute approximate surface area is 145 Å². The first kappa shape index (κ1) is 18.0. The van der Waals surface area contributed by atoms with Gasteiger partial charge in [-0.15, -0.1) is 0 Å². The number of carbonyl (C=O) groups excluding carboxylic acids is 2. The number of nitrogens with zero attached hydrogens (tertiary/aromatic N) is 1. The van der Waals surface area contributed by atoms with Gasteiger partial charge in [-0.2, -0.15) is 0 Å². The lowest BCUT2D eigenvalue weighted by Gasteiger charge is -2.27. The number of hydrogen-bond acceptors (Lipinski definition) is 3. The van der Waals surface area contributed by atoms with Crippen LogP contribution in [-0.2, 0) is 14.3 Å². The number of amides is 2. The van der Waals surface area contributed by atoms with Crippen LogP contribution < -0.4 is 10.2 Å². The molecular weight excluding hydrogens is 341 g/mol. The third-order valence-corrected chi connectivity index (χ3v) is 4.14. The second kappa shape index (κ2) is 8.49. The van der Waals surface area contributed by atoms with Crippen LogP contribution in [0.1, 0.15) is 0 Å². The van der Waals surface area contributed by atoms with Crippen LogP contribution in [0.15, 0.2) is 18.2 Å². The van der Waals surface area contributed by atoms with Crippen molar-refractivity contribution in [1.82, 2.24) is 4.90 Å². The number of ether oxygens (including phenoxy) is 1. The lowest BCUT2D eigenvalue weighted by atomic mass is 10.3. The fourth-order valence-corrected chi connectivity index (χ4v) is 2.81. The SMILES string of the molecule is C[NH+](CC(=O)Nc1c(Cl)cccc1Cl)CC(=O)N1CCOCC1. The average molecular weight is 361 g/mol. The number of carbonyl (C=O) groups is 2. The molecule has 6 nitrogen and oxygen atoms in total. The number of halogens is 2. The van der Waals surface area contributed by atoms with E-state index in [4.69, 9.17) is 27.9 Å². The molecule has 2 amide bonds. The van der Waals surface area contributed by atoms with Gasteiger partial charge in [-0.05, 0) is 12.1 Å². The lowest BCUT2D eigenvalue weighted by Crippen LogP contribution is -3.11. The molecule has 0 radical (unpaired) electrons. The smallest absolute Gasteiger partial charge is 0.279 e. The number of benzene rings is 1. The van der Waals surface area contributed by atoms with Gasteiger partial charge in [0.25, 0.3) is 11.8 Å². The second-order valence-electron chi connectivity index (χ2n) is 5.45. The Morgan fingerprint density at radius 1 is 1.22 bits per heavy atom. The molecule has 23 heavy (non-hydrogen) atoms. The van der Waals surface area contributed by atoms with E-state index in [0.29, 0.717) is 42.0 Å². The van der Waals surface area contributed by atoms with E-state index >= 15 is 0 Å². The molecule has 1 atom stereocenters. The van der Waals surface area contributed by atoms with E-state index in [1.165, 1.54) is 0 Å². The molecule has 1 fully saturated rings. The maximum Gasteiger partial charge on any atom is 0.279 e. The maximum absolute atomic E-state index is 12.1. The zero-order valence-corrected chi connectivity index (χ0v) is 14.4.